The minimum atomic E-state index is -3.03. The smallest absolute Gasteiger partial charge is 0.175 e. The monoisotopic (exact) mass is 230 g/mol. The van der Waals surface area contributed by atoms with Gasteiger partial charge in [0.2, 0.25) is 0 Å². The van der Waals surface area contributed by atoms with Crippen LogP contribution in [0, 0.1) is 6.92 Å². The van der Waals surface area contributed by atoms with Crippen molar-refractivity contribution >= 4 is 9.84 Å². The molecule has 0 atom stereocenters. The average Bonchev–Trinajstić information content (AvgIpc) is 2.23. The van der Waals surface area contributed by atoms with Gasteiger partial charge in [0.05, 0.1) is 4.90 Å². The minimum absolute atomic E-state index is 0.417. The molecule has 0 aromatic heterocycles. The highest BCUT2D eigenvalue weighted by atomic mass is 32.2. The highest BCUT2D eigenvalue weighted by Crippen LogP contribution is 2.12. The average molecular weight is 230 g/mol. The predicted molar refractivity (Wildman–Crippen MR) is 67.0 cm³/mol. The molecule has 3 heteroatoms. The van der Waals surface area contributed by atoms with Gasteiger partial charge in [-0.25, -0.2) is 8.42 Å². The van der Waals surface area contributed by atoms with Crippen LogP contribution in [-0.2, 0) is 9.84 Å². The molecular weight excluding hydrogens is 208 g/mol. The van der Waals surface area contributed by atoms with Crippen molar-refractivity contribution in [3.8, 4) is 0 Å². The third-order valence-electron chi connectivity index (χ3n) is 1.49. The first-order valence-corrected chi connectivity index (χ1v) is 7.16. The molecule has 88 valence electrons. The Balaban J connectivity index is 0. The lowest BCUT2D eigenvalue weighted by atomic mass is 10.2. The maximum atomic E-state index is 11.1. The summed E-state index contributed by atoms with van der Waals surface area (Å²) in [7, 11) is -3.03. The van der Waals surface area contributed by atoms with Crippen molar-refractivity contribution in [2.75, 3.05) is 6.26 Å². The highest BCUT2D eigenvalue weighted by molar-refractivity contribution is 7.90. The van der Waals surface area contributed by atoms with Crippen LogP contribution in [0.2, 0.25) is 0 Å². The Kier molecular flexibility index (Phi) is 9.38. The van der Waals surface area contributed by atoms with E-state index >= 15 is 0 Å². The standard InChI is InChI=1S/C8H10O2S.2C2H6/c1-7-5-3-4-6-8(7)11(2,9)10;2*1-2/h3-6H,1-2H3;2*1-2H3. The molecular formula is C12H22O2S. The minimum Gasteiger partial charge on any atom is -0.224 e. The van der Waals surface area contributed by atoms with Crippen molar-refractivity contribution in [1.29, 1.82) is 0 Å². The second-order valence-corrected chi connectivity index (χ2v) is 4.52. The van der Waals surface area contributed by atoms with Crippen molar-refractivity contribution in [3.63, 3.8) is 0 Å². The van der Waals surface area contributed by atoms with Crippen LogP contribution < -0.4 is 0 Å². The summed E-state index contributed by atoms with van der Waals surface area (Å²) < 4.78 is 22.1. The van der Waals surface area contributed by atoms with Crippen molar-refractivity contribution in [1.82, 2.24) is 0 Å². The molecule has 1 aromatic rings. The molecule has 2 nitrogen and oxygen atoms in total. The molecule has 1 rings (SSSR count). The van der Waals surface area contributed by atoms with Gasteiger partial charge < -0.3 is 0 Å². The van der Waals surface area contributed by atoms with E-state index in [1.165, 1.54) is 6.26 Å². The fourth-order valence-corrected chi connectivity index (χ4v) is 1.95. The first kappa shape index (κ1) is 16.6. The number of benzene rings is 1. The highest BCUT2D eigenvalue weighted by Gasteiger charge is 2.07. The van der Waals surface area contributed by atoms with E-state index in [1.54, 1.807) is 25.1 Å². The third-order valence-corrected chi connectivity index (χ3v) is 2.75. The molecule has 0 saturated heterocycles. The Labute approximate surface area is 94.3 Å². The Morgan fingerprint density at radius 3 is 1.60 bits per heavy atom. The molecule has 0 heterocycles. The predicted octanol–water partition coefficient (Wildman–Crippen LogP) is 3.45. The van der Waals surface area contributed by atoms with Gasteiger partial charge in [0.25, 0.3) is 0 Å². The van der Waals surface area contributed by atoms with Crippen LogP contribution in [0.3, 0.4) is 0 Å². The molecule has 0 N–H and O–H groups in total. The quantitative estimate of drug-likeness (QED) is 0.740. The van der Waals surface area contributed by atoms with Crippen molar-refractivity contribution in [3.05, 3.63) is 29.8 Å². The van der Waals surface area contributed by atoms with Gasteiger partial charge in [-0.1, -0.05) is 45.9 Å². The number of hydrogen-bond acceptors (Lipinski definition) is 2. The molecule has 0 aliphatic rings. The molecule has 0 radical (unpaired) electrons. The number of hydrogen-bond donors (Lipinski definition) is 0. The summed E-state index contributed by atoms with van der Waals surface area (Å²) in [6.45, 7) is 9.79. The van der Waals surface area contributed by atoms with Crippen molar-refractivity contribution in [2.45, 2.75) is 39.5 Å². The van der Waals surface area contributed by atoms with E-state index in [9.17, 15) is 8.42 Å². The van der Waals surface area contributed by atoms with E-state index in [4.69, 9.17) is 0 Å². The Hall–Kier alpha value is -0.830. The van der Waals surface area contributed by atoms with E-state index < -0.39 is 9.84 Å². The number of sulfone groups is 1. The van der Waals surface area contributed by atoms with Gasteiger partial charge in [-0.05, 0) is 18.6 Å². The fourth-order valence-electron chi connectivity index (χ4n) is 0.972. The summed E-state index contributed by atoms with van der Waals surface area (Å²) in [5.74, 6) is 0. The normalized spacial score (nSPS) is 9.20. The summed E-state index contributed by atoms with van der Waals surface area (Å²) in [6.07, 6.45) is 1.22. The first-order chi connectivity index (χ1) is 7.02. The topological polar surface area (TPSA) is 34.1 Å². The summed E-state index contributed by atoms with van der Waals surface area (Å²) >= 11 is 0. The van der Waals surface area contributed by atoms with Gasteiger partial charge >= 0.3 is 0 Å². The van der Waals surface area contributed by atoms with E-state index in [1.807, 2.05) is 33.8 Å². The van der Waals surface area contributed by atoms with Gasteiger partial charge in [-0.3, -0.25) is 0 Å². The summed E-state index contributed by atoms with van der Waals surface area (Å²) in [6, 6.07) is 6.95. The van der Waals surface area contributed by atoms with E-state index in [2.05, 4.69) is 0 Å². The second-order valence-electron chi connectivity index (χ2n) is 2.54. The van der Waals surface area contributed by atoms with Crippen LogP contribution in [0.15, 0.2) is 29.2 Å². The summed E-state index contributed by atoms with van der Waals surface area (Å²) in [4.78, 5) is 0.417. The zero-order valence-corrected chi connectivity index (χ0v) is 11.4. The molecule has 0 aliphatic carbocycles. The number of aryl methyl sites for hydroxylation is 1. The zero-order chi connectivity index (χ0) is 12.5. The van der Waals surface area contributed by atoms with Gasteiger partial charge in [-0.15, -0.1) is 0 Å². The molecule has 1 aromatic carbocycles. The summed E-state index contributed by atoms with van der Waals surface area (Å²) in [5.41, 5.74) is 0.801. The molecule has 0 bridgehead atoms. The van der Waals surface area contributed by atoms with Gasteiger partial charge in [0.15, 0.2) is 9.84 Å². The summed E-state index contributed by atoms with van der Waals surface area (Å²) in [5, 5.41) is 0. The largest absolute Gasteiger partial charge is 0.224 e. The van der Waals surface area contributed by atoms with E-state index in [0.717, 1.165) is 5.56 Å². The molecule has 0 aliphatic heterocycles. The zero-order valence-electron chi connectivity index (χ0n) is 10.5. The van der Waals surface area contributed by atoms with Gasteiger partial charge in [0, 0.05) is 6.26 Å². The molecule has 0 fully saturated rings. The van der Waals surface area contributed by atoms with Crippen LogP contribution >= 0.6 is 0 Å². The first-order valence-electron chi connectivity index (χ1n) is 5.27. The van der Waals surface area contributed by atoms with Crippen molar-refractivity contribution in [2.24, 2.45) is 0 Å². The van der Waals surface area contributed by atoms with Crippen LogP contribution in [0.1, 0.15) is 33.3 Å². The molecule has 15 heavy (non-hydrogen) atoms. The third kappa shape index (κ3) is 6.28. The lowest BCUT2D eigenvalue weighted by Crippen LogP contribution is -1.98. The molecule has 0 saturated carbocycles. The van der Waals surface area contributed by atoms with E-state index in [0.29, 0.717) is 4.90 Å². The Morgan fingerprint density at radius 1 is 0.933 bits per heavy atom. The molecule has 0 spiro atoms. The maximum Gasteiger partial charge on any atom is 0.175 e. The molecule has 0 unspecified atom stereocenters. The molecule has 0 amide bonds. The van der Waals surface area contributed by atoms with Crippen LogP contribution in [0.4, 0.5) is 0 Å². The van der Waals surface area contributed by atoms with Gasteiger partial charge in [0.1, 0.15) is 0 Å². The number of rotatable bonds is 1. The SMILES string of the molecule is CC.CC.Cc1ccccc1S(C)(=O)=O. The Morgan fingerprint density at radius 2 is 1.33 bits per heavy atom. The Bertz CT molecular complexity index is 354. The van der Waals surface area contributed by atoms with Crippen LogP contribution in [-0.4, -0.2) is 14.7 Å². The van der Waals surface area contributed by atoms with E-state index in [-0.39, 0.29) is 0 Å². The van der Waals surface area contributed by atoms with Gasteiger partial charge in [-0.2, -0.15) is 0 Å². The van der Waals surface area contributed by atoms with Crippen molar-refractivity contribution < 1.29 is 8.42 Å². The second kappa shape index (κ2) is 8.48. The van der Waals surface area contributed by atoms with Crippen LogP contribution in [0.5, 0.6) is 0 Å². The maximum absolute atomic E-state index is 11.1. The fraction of sp³-hybridized carbons (Fsp3) is 0.500. The lowest BCUT2D eigenvalue weighted by molar-refractivity contribution is 0.601. The van der Waals surface area contributed by atoms with Crippen LogP contribution in [0.25, 0.3) is 0 Å². The lowest BCUT2D eigenvalue weighted by Gasteiger charge is -2.00.